The van der Waals surface area contributed by atoms with Crippen LogP contribution in [-0.4, -0.2) is 50.0 Å². The SMILES string of the molecule is CC[C@H](C(=O)NC1CCCCC1)N(Cc1ccccc1Cl)C(=O)CN(c1ccc(C(C)(C)C)cc1)S(C)(=O)=O. The lowest BCUT2D eigenvalue weighted by molar-refractivity contribution is -0.140. The van der Waals surface area contributed by atoms with Crippen LogP contribution < -0.4 is 9.62 Å². The zero-order chi connectivity index (χ0) is 28.8. The van der Waals surface area contributed by atoms with Crippen LogP contribution in [0.4, 0.5) is 5.69 Å². The Labute approximate surface area is 239 Å². The molecule has 2 aromatic rings. The number of anilines is 1. The van der Waals surface area contributed by atoms with E-state index in [1.54, 1.807) is 24.3 Å². The number of carbonyl (C=O) groups excluding carboxylic acids is 2. The molecule has 0 spiro atoms. The number of nitrogens with one attached hydrogen (secondary N) is 1. The summed E-state index contributed by atoms with van der Waals surface area (Å²) in [4.78, 5) is 28.9. The number of carbonyl (C=O) groups is 2. The summed E-state index contributed by atoms with van der Waals surface area (Å²) in [5, 5.41) is 3.63. The van der Waals surface area contributed by atoms with Crippen molar-refractivity contribution in [2.24, 2.45) is 0 Å². The molecule has 214 valence electrons. The second kappa shape index (κ2) is 13.2. The van der Waals surface area contributed by atoms with Gasteiger partial charge in [0.1, 0.15) is 12.6 Å². The summed E-state index contributed by atoms with van der Waals surface area (Å²) in [6.07, 6.45) is 6.62. The number of sulfonamides is 1. The fourth-order valence-electron chi connectivity index (χ4n) is 5.02. The Balaban J connectivity index is 1.93. The van der Waals surface area contributed by atoms with Crippen LogP contribution in [0.15, 0.2) is 48.5 Å². The third-order valence-corrected chi connectivity index (χ3v) is 8.85. The van der Waals surface area contributed by atoms with Gasteiger partial charge in [-0.25, -0.2) is 8.42 Å². The van der Waals surface area contributed by atoms with E-state index in [9.17, 15) is 18.0 Å². The van der Waals surface area contributed by atoms with E-state index in [4.69, 9.17) is 11.6 Å². The lowest BCUT2D eigenvalue weighted by atomic mass is 9.87. The van der Waals surface area contributed by atoms with Crippen molar-refractivity contribution >= 4 is 39.1 Å². The molecule has 0 heterocycles. The average molecular weight is 576 g/mol. The molecule has 1 aliphatic rings. The topological polar surface area (TPSA) is 86.8 Å². The molecular formula is C30H42ClN3O4S. The van der Waals surface area contributed by atoms with Crippen molar-refractivity contribution in [2.45, 2.75) is 90.3 Å². The smallest absolute Gasteiger partial charge is 0.244 e. The van der Waals surface area contributed by atoms with Gasteiger partial charge in [0.05, 0.1) is 11.9 Å². The van der Waals surface area contributed by atoms with Gasteiger partial charge in [0.15, 0.2) is 0 Å². The summed E-state index contributed by atoms with van der Waals surface area (Å²) in [6, 6.07) is 13.7. The van der Waals surface area contributed by atoms with E-state index in [0.29, 0.717) is 22.7 Å². The van der Waals surface area contributed by atoms with E-state index in [1.165, 1.54) is 11.3 Å². The Morgan fingerprint density at radius 1 is 1.03 bits per heavy atom. The standard InChI is InChI=1S/C30H42ClN3O4S/c1-6-27(29(36)32-24-13-8-7-9-14-24)33(20-22-12-10-11-15-26(22)31)28(35)21-34(39(5,37)38)25-18-16-23(17-19-25)30(2,3)4/h10-12,15-19,24,27H,6-9,13-14,20-21H2,1-5H3,(H,32,36)/t27-/m1/s1. The van der Waals surface area contributed by atoms with Crippen molar-refractivity contribution in [2.75, 3.05) is 17.1 Å². The number of hydrogen-bond donors (Lipinski definition) is 1. The molecule has 2 aromatic carbocycles. The fraction of sp³-hybridized carbons (Fsp3) is 0.533. The molecule has 0 saturated heterocycles. The van der Waals surface area contributed by atoms with Gasteiger partial charge in [-0.1, -0.05) is 88.9 Å². The lowest BCUT2D eigenvalue weighted by Gasteiger charge is -2.34. The van der Waals surface area contributed by atoms with Crippen molar-refractivity contribution < 1.29 is 18.0 Å². The number of benzene rings is 2. The van der Waals surface area contributed by atoms with Gasteiger partial charge >= 0.3 is 0 Å². The highest BCUT2D eigenvalue weighted by atomic mass is 35.5. The molecule has 1 aliphatic carbocycles. The predicted octanol–water partition coefficient (Wildman–Crippen LogP) is 5.66. The summed E-state index contributed by atoms with van der Waals surface area (Å²) >= 11 is 6.44. The van der Waals surface area contributed by atoms with E-state index in [0.717, 1.165) is 41.8 Å². The van der Waals surface area contributed by atoms with Crippen molar-refractivity contribution in [1.29, 1.82) is 0 Å². The molecule has 1 N–H and O–H groups in total. The van der Waals surface area contributed by atoms with Gasteiger partial charge < -0.3 is 10.2 Å². The predicted molar refractivity (Wildman–Crippen MR) is 158 cm³/mol. The highest BCUT2D eigenvalue weighted by Crippen LogP contribution is 2.27. The third-order valence-electron chi connectivity index (χ3n) is 7.34. The molecule has 0 aromatic heterocycles. The summed E-state index contributed by atoms with van der Waals surface area (Å²) in [6.45, 7) is 7.76. The van der Waals surface area contributed by atoms with Crippen molar-refractivity contribution in [1.82, 2.24) is 10.2 Å². The number of halogens is 1. The molecule has 0 aliphatic heterocycles. The molecule has 39 heavy (non-hydrogen) atoms. The van der Waals surface area contributed by atoms with E-state index >= 15 is 0 Å². The first-order valence-electron chi connectivity index (χ1n) is 13.7. The number of hydrogen-bond acceptors (Lipinski definition) is 4. The van der Waals surface area contributed by atoms with Crippen LogP contribution in [0, 0.1) is 0 Å². The highest BCUT2D eigenvalue weighted by Gasteiger charge is 2.33. The van der Waals surface area contributed by atoms with Crippen molar-refractivity contribution in [3.05, 3.63) is 64.7 Å². The van der Waals surface area contributed by atoms with Gasteiger partial charge in [0.25, 0.3) is 0 Å². The number of amides is 2. The zero-order valence-corrected chi connectivity index (χ0v) is 25.3. The Morgan fingerprint density at radius 3 is 2.18 bits per heavy atom. The quantitative estimate of drug-likeness (QED) is 0.396. The van der Waals surface area contributed by atoms with Gasteiger partial charge in [-0.15, -0.1) is 0 Å². The van der Waals surface area contributed by atoms with Crippen LogP contribution in [0.5, 0.6) is 0 Å². The van der Waals surface area contributed by atoms with Gasteiger partial charge in [-0.2, -0.15) is 0 Å². The Kier molecular flexibility index (Phi) is 10.5. The largest absolute Gasteiger partial charge is 0.352 e. The summed E-state index contributed by atoms with van der Waals surface area (Å²) in [5.74, 6) is -0.684. The molecule has 7 nitrogen and oxygen atoms in total. The average Bonchev–Trinajstić information content (AvgIpc) is 2.87. The van der Waals surface area contributed by atoms with E-state index in [-0.39, 0.29) is 23.9 Å². The second-order valence-corrected chi connectivity index (χ2v) is 13.8. The Bertz CT molecular complexity index is 1240. The molecule has 9 heteroatoms. The molecular weight excluding hydrogens is 534 g/mol. The minimum Gasteiger partial charge on any atom is -0.352 e. The normalized spacial score (nSPS) is 15.4. The molecule has 0 unspecified atom stereocenters. The molecule has 2 amide bonds. The molecule has 1 saturated carbocycles. The van der Waals surface area contributed by atoms with Crippen LogP contribution in [0.25, 0.3) is 0 Å². The second-order valence-electron chi connectivity index (χ2n) is 11.4. The maximum Gasteiger partial charge on any atom is 0.244 e. The van der Waals surface area contributed by atoms with Crippen LogP contribution in [0.3, 0.4) is 0 Å². The van der Waals surface area contributed by atoms with E-state index in [2.05, 4.69) is 26.1 Å². The van der Waals surface area contributed by atoms with Crippen LogP contribution in [0.2, 0.25) is 5.02 Å². The maximum absolute atomic E-state index is 13.9. The summed E-state index contributed by atoms with van der Waals surface area (Å²) < 4.78 is 26.9. The van der Waals surface area contributed by atoms with Crippen LogP contribution in [0.1, 0.15) is 77.3 Å². The Morgan fingerprint density at radius 2 is 1.64 bits per heavy atom. The van der Waals surface area contributed by atoms with E-state index in [1.807, 2.05) is 31.2 Å². The summed E-state index contributed by atoms with van der Waals surface area (Å²) in [5.41, 5.74) is 2.04. The fourth-order valence-corrected chi connectivity index (χ4v) is 6.06. The molecule has 0 radical (unpaired) electrons. The van der Waals surface area contributed by atoms with Crippen LogP contribution in [-0.2, 0) is 31.6 Å². The maximum atomic E-state index is 13.9. The molecule has 0 bridgehead atoms. The van der Waals surface area contributed by atoms with Crippen molar-refractivity contribution in [3.63, 3.8) is 0 Å². The van der Waals surface area contributed by atoms with Crippen molar-refractivity contribution in [3.8, 4) is 0 Å². The third kappa shape index (κ3) is 8.45. The first kappa shape index (κ1) is 31.0. The highest BCUT2D eigenvalue weighted by molar-refractivity contribution is 7.92. The van der Waals surface area contributed by atoms with Gasteiger partial charge in [0.2, 0.25) is 21.8 Å². The molecule has 1 fully saturated rings. The summed E-state index contributed by atoms with van der Waals surface area (Å²) in [7, 11) is -3.79. The van der Waals surface area contributed by atoms with Gasteiger partial charge in [-0.05, 0) is 54.0 Å². The zero-order valence-electron chi connectivity index (χ0n) is 23.7. The van der Waals surface area contributed by atoms with Gasteiger partial charge in [-0.3, -0.25) is 13.9 Å². The monoisotopic (exact) mass is 575 g/mol. The Hall–Kier alpha value is -2.58. The minimum atomic E-state index is -3.79. The number of nitrogens with zero attached hydrogens (tertiary/aromatic N) is 2. The number of rotatable bonds is 10. The van der Waals surface area contributed by atoms with Crippen LogP contribution >= 0.6 is 11.6 Å². The first-order valence-corrected chi connectivity index (χ1v) is 16.0. The molecule has 3 rings (SSSR count). The lowest BCUT2D eigenvalue weighted by Crippen LogP contribution is -2.54. The molecule has 1 atom stereocenters. The van der Waals surface area contributed by atoms with Gasteiger partial charge in [0, 0.05) is 17.6 Å². The minimum absolute atomic E-state index is 0.0893. The van der Waals surface area contributed by atoms with E-state index < -0.39 is 28.5 Å². The first-order chi connectivity index (χ1) is 18.3.